The minimum Gasteiger partial charge on any atom is -0.374 e. The van der Waals surface area contributed by atoms with Crippen LogP contribution in [-0.4, -0.2) is 25.4 Å². The molecule has 110 valence electrons. The molecule has 1 aliphatic heterocycles. The van der Waals surface area contributed by atoms with E-state index in [1.807, 2.05) is 36.4 Å². The predicted octanol–water partition coefficient (Wildman–Crippen LogP) is 3.19. The van der Waals surface area contributed by atoms with Crippen molar-refractivity contribution in [3.63, 3.8) is 0 Å². The molecule has 0 aromatic heterocycles. The average molecular weight is 284 g/mol. The van der Waals surface area contributed by atoms with Crippen LogP contribution in [0.15, 0.2) is 60.7 Å². The van der Waals surface area contributed by atoms with E-state index in [1.54, 1.807) is 0 Å². The molecule has 0 spiro atoms. The molecule has 3 nitrogen and oxygen atoms in total. The third-order valence-corrected chi connectivity index (χ3v) is 3.47. The lowest BCUT2D eigenvalue weighted by Gasteiger charge is -2.16. The fraction of sp³-hybridized carbons (Fsp3) is 0.333. The van der Waals surface area contributed by atoms with E-state index in [2.05, 4.69) is 24.3 Å². The highest BCUT2D eigenvalue weighted by atomic mass is 16.6. The van der Waals surface area contributed by atoms with Gasteiger partial charge in [0.1, 0.15) is 12.2 Å². The average Bonchev–Trinajstić information content (AvgIpc) is 3.37. The van der Waals surface area contributed by atoms with Gasteiger partial charge in [-0.3, -0.25) is 0 Å². The van der Waals surface area contributed by atoms with E-state index >= 15 is 0 Å². The smallest absolute Gasteiger partial charge is 0.110 e. The summed E-state index contributed by atoms with van der Waals surface area (Å²) in [7, 11) is 0. The summed E-state index contributed by atoms with van der Waals surface area (Å²) in [6.07, 6.45) is 0.193. The number of rotatable bonds is 8. The highest BCUT2D eigenvalue weighted by Gasteiger charge is 2.33. The van der Waals surface area contributed by atoms with Crippen LogP contribution >= 0.6 is 0 Å². The number of epoxide rings is 1. The zero-order valence-electron chi connectivity index (χ0n) is 12.0. The molecule has 0 radical (unpaired) electrons. The SMILES string of the molecule is c1ccc(COC[C@H](OCc2ccccc2)[C@H]2CO2)cc1. The Labute approximate surface area is 125 Å². The number of hydrogen-bond acceptors (Lipinski definition) is 3. The molecule has 2 atom stereocenters. The van der Waals surface area contributed by atoms with Gasteiger partial charge >= 0.3 is 0 Å². The van der Waals surface area contributed by atoms with Crippen molar-refractivity contribution in [1.29, 1.82) is 0 Å². The largest absolute Gasteiger partial charge is 0.374 e. The second kappa shape index (κ2) is 7.36. The minimum absolute atomic E-state index is 0.00826. The molecule has 1 fully saturated rings. The molecule has 3 heteroatoms. The van der Waals surface area contributed by atoms with Crippen molar-refractivity contribution in [2.45, 2.75) is 25.4 Å². The van der Waals surface area contributed by atoms with Gasteiger partial charge in [0.25, 0.3) is 0 Å². The Bertz CT molecular complexity index is 523. The predicted molar refractivity (Wildman–Crippen MR) is 80.9 cm³/mol. The topological polar surface area (TPSA) is 31.0 Å². The second-order valence-electron chi connectivity index (χ2n) is 5.21. The first kappa shape index (κ1) is 14.3. The van der Waals surface area contributed by atoms with E-state index in [-0.39, 0.29) is 12.2 Å². The Morgan fingerprint density at radius 2 is 1.48 bits per heavy atom. The summed E-state index contributed by atoms with van der Waals surface area (Å²) < 4.78 is 17.1. The Morgan fingerprint density at radius 1 is 0.905 bits per heavy atom. The fourth-order valence-corrected chi connectivity index (χ4v) is 2.18. The van der Waals surface area contributed by atoms with Crippen LogP contribution in [0.25, 0.3) is 0 Å². The fourth-order valence-electron chi connectivity index (χ4n) is 2.18. The molecule has 0 bridgehead atoms. The maximum absolute atomic E-state index is 5.94. The Kier molecular flexibility index (Phi) is 5.00. The summed E-state index contributed by atoms with van der Waals surface area (Å²) in [6, 6.07) is 20.4. The summed E-state index contributed by atoms with van der Waals surface area (Å²) in [4.78, 5) is 0. The quantitative estimate of drug-likeness (QED) is 0.698. The first-order valence-corrected chi connectivity index (χ1v) is 7.30. The molecule has 0 aliphatic carbocycles. The first-order valence-electron chi connectivity index (χ1n) is 7.30. The molecule has 2 aromatic rings. The second-order valence-corrected chi connectivity index (χ2v) is 5.21. The summed E-state index contributed by atoms with van der Waals surface area (Å²) in [5.41, 5.74) is 2.35. The lowest BCUT2D eigenvalue weighted by atomic mass is 10.2. The minimum atomic E-state index is 0.00826. The first-order chi connectivity index (χ1) is 10.4. The van der Waals surface area contributed by atoms with Gasteiger partial charge in [0, 0.05) is 0 Å². The van der Waals surface area contributed by atoms with Gasteiger partial charge in [-0.05, 0) is 11.1 Å². The molecule has 21 heavy (non-hydrogen) atoms. The van der Waals surface area contributed by atoms with Crippen LogP contribution in [0.4, 0.5) is 0 Å². The van der Waals surface area contributed by atoms with Crippen molar-refractivity contribution in [1.82, 2.24) is 0 Å². The van der Waals surface area contributed by atoms with E-state index in [0.29, 0.717) is 19.8 Å². The van der Waals surface area contributed by atoms with Crippen LogP contribution in [0, 0.1) is 0 Å². The summed E-state index contributed by atoms with van der Waals surface area (Å²) in [5.74, 6) is 0. The van der Waals surface area contributed by atoms with Crippen molar-refractivity contribution < 1.29 is 14.2 Å². The van der Waals surface area contributed by atoms with Gasteiger partial charge in [-0.2, -0.15) is 0 Å². The molecule has 0 N–H and O–H groups in total. The lowest BCUT2D eigenvalue weighted by molar-refractivity contribution is -0.0417. The molecule has 1 saturated heterocycles. The van der Waals surface area contributed by atoms with E-state index < -0.39 is 0 Å². The van der Waals surface area contributed by atoms with Gasteiger partial charge in [0.05, 0.1) is 26.4 Å². The van der Waals surface area contributed by atoms with Crippen molar-refractivity contribution in [3.05, 3.63) is 71.8 Å². The van der Waals surface area contributed by atoms with Gasteiger partial charge in [0.15, 0.2) is 0 Å². The number of ether oxygens (including phenoxy) is 3. The van der Waals surface area contributed by atoms with E-state index in [4.69, 9.17) is 14.2 Å². The number of benzene rings is 2. The van der Waals surface area contributed by atoms with E-state index in [1.165, 1.54) is 11.1 Å². The van der Waals surface area contributed by atoms with Crippen LogP contribution in [0.5, 0.6) is 0 Å². The summed E-state index contributed by atoms with van der Waals surface area (Å²) in [6.45, 7) is 2.54. The normalized spacial score (nSPS) is 18.4. The van der Waals surface area contributed by atoms with E-state index in [9.17, 15) is 0 Å². The third kappa shape index (κ3) is 4.67. The molecular weight excluding hydrogens is 264 g/mol. The van der Waals surface area contributed by atoms with Crippen LogP contribution < -0.4 is 0 Å². The molecule has 0 amide bonds. The molecule has 3 rings (SSSR count). The highest BCUT2D eigenvalue weighted by Crippen LogP contribution is 2.19. The Balaban J connectivity index is 1.44. The van der Waals surface area contributed by atoms with Gasteiger partial charge < -0.3 is 14.2 Å². The zero-order valence-corrected chi connectivity index (χ0v) is 12.0. The summed E-state index contributed by atoms with van der Waals surface area (Å²) >= 11 is 0. The molecule has 0 saturated carbocycles. The maximum Gasteiger partial charge on any atom is 0.110 e. The molecule has 1 heterocycles. The maximum atomic E-state index is 5.94. The summed E-state index contributed by atoms with van der Waals surface area (Å²) in [5, 5.41) is 0. The molecule has 2 aromatic carbocycles. The molecule has 1 aliphatic rings. The van der Waals surface area contributed by atoms with Gasteiger partial charge in [-0.1, -0.05) is 60.7 Å². The van der Waals surface area contributed by atoms with E-state index in [0.717, 1.165) is 6.61 Å². The van der Waals surface area contributed by atoms with Crippen molar-refractivity contribution in [3.8, 4) is 0 Å². The zero-order chi connectivity index (χ0) is 14.3. The van der Waals surface area contributed by atoms with Crippen molar-refractivity contribution in [2.75, 3.05) is 13.2 Å². The van der Waals surface area contributed by atoms with Crippen LogP contribution in [0.3, 0.4) is 0 Å². The Morgan fingerprint density at radius 3 is 2.05 bits per heavy atom. The van der Waals surface area contributed by atoms with Crippen molar-refractivity contribution in [2.24, 2.45) is 0 Å². The van der Waals surface area contributed by atoms with Crippen LogP contribution in [0.1, 0.15) is 11.1 Å². The Hall–Kier alpha value is -1.68. The highest BCUT2D eigenvalue weighted by molar-refractivity contribution is 5.14. The van der Waals surface area contributed by atoms with Gasteiger partial charge in [-0.15, -0.1) is 0 Å². The monoisotopic (exact) mass is 284 g/mol. The van der Waals surface area contributed by atoms with Crippen LogP contribution in [-0.2, 0) is 27.4 Å². The molecular formula is C18H20O3. The standard InChI is InChI=1S/C18H20O3/c1-3-7-15(8-4-1)11-19-13-17(18-14-21-18)20-12-16-9-5-2-6-10-16/h1-10,17-18H,11-14H2/t17-,18+/m0/s1. The van der Waals surface area contributed by atoms with Crippen LogP contribution in [0.2, 0.25) is 0 Å². The van der Waals surface area contributed by atoms with Crippen molar-refractivity contribution >= 4 is 0 Å². The van der Waals surface area contributed by atoms with Gasteiger partial charge in [-0.25, -0.2) is 0 Å². The number of hydrogen-bond donors (Lipinski definition) is 0. The third-order valence-electron chi connectivity index (χ3n) is 3.47. The van der Waals surface area contributed by atoms with Gasteiger partial charge in [0.2, 0.25) is 0 Å². The molecule has 0 unspecified atom stereocenters. The lowest BCUT2D eigenvalue weighted by Crippen LogP contribution is -2.25.